The highest BCUT2D eigenvalue weighted by Gasteiger charge is 2.56. The summed E-state index contributed by atoms with van der Waals surface area (Å²) in [6.45, 7) is 2.74. The van der Waals surface area contributed by atoms with Crippen LogP contribution in [-0.4, -0.2) is 39.3 Å². The summed E-state index contributed by atoms with van der Waals surface area (Å²) >= 11 is 0. The van der Waals surface area contributed by atoms with Crippen molar-refractivity contribution in [3.8, 4) is 0 Å². The van der Waals surface area contributed by atoms with Crippen LogP contribution in [0.25, 0.3) is 10.9 Å². The fraction of sp³-hybridized carbons (Fsp3) is 0.350. The van der Waals surface area contributed by atoms with Gasteiger partial charge in [0.2, 0.25) is 5.91 Å². The Hall–Kier alpha value is -3.09. The molecule has 0 spiro atoms. The Kier molecular flexibility index (Phi) is 3.40. The van der Waals surface area contributed by atoms with Crippen LogP contribution in [0.1, 0.15) is 39.7 Å². The second kappa shape index (κ2) is 5.70. The van der Waals surface area contributed by atoms with E-state index in [-0.39, 0.29) is 23.6 Å². The quantitative estimate of drug-likeness (QED) is 0.740. The molecule has 3 aromatic rings. The van der Waals surface area contributed by atoms with Gasteiger partial charge in [-0.25, -0.2) is 4.98 Å². The van der Waals surface area contributed by atoms with Crippen LogP contribution in [-0.2, 0) is 11.2 Å². The average Bonchev–Trinajstić information content (AvgIpc) is 3.36. The highest BCUT2D eigenvalue weighted by atomic mass is 16.3. The number of hydrogen-bond donors (Lipinski definition) is 2. The van der Waals surface area contributed by atoms with Crippen LogP contribution in [0.2, 0.25) is 0 Å². The molecule has 3 unspecified atom stereocenters. The van der Waals surface area contributed by atoms with E-state index >= 15 is 0 Å². The summed E-state index contributed by atoms with van der Waals surface area (Å²) < 4.78 is 5.46. The lowest BCUT2D eigenvalue weighted by Crippen LogP contribution is -2.40. The minimum absolute atomic E-state index is 0.0181. The van der Waals surface area contributed by atoms with E-state index in [0.29, 0.717) is 24.6 Å². The number of amides is 2. The van der Waals surface area contributed by atoms with Crippen molar-refractivity contribution < 1.29 is 14.0 Å². The number of oxazole rings is 1. The molecule has 4 heterocycles. The van der Waals surface area contributed by atoms with Crippen LogP contribution in [0.15, 0.2) is 35.2 Å². The molecule has 7 heteroatoms. The van der Waals surface area contributed by atoms with Crippen LogP contribution in [0.3, 0.4) is 0 Å². The van der Waals surface area contributed by atoms with E-state index in [4.69, 9.17) is 10.2 Å². The number of nitrogens with one attached hydrogen (secondary N) is 1. The maximum Gasteiger partial charge on any atom is 0.270 e. The van der Waals surface area contributed by atoms with Gasteiger partial charge in [-0.05, 0) is 36.5 Å². The summed E-state index contributed by atoms with van der Waals surface area (Å²) in [4.78, 5) is 33.6. The Morgan fingerprint density at radius 2 is 2.26 bits per heavy atom. The highest BCUT2D eigenvalue weighted by Crippen LogP contribution is 2.53. The molecular formula is C20H20N4O3. The third-order valence-electron chi connectivity index (χ3n) is 6.01. The maximum atomic E-state index is 13.0. The van der Waals surface area contributed by atoms with Crippen molar-refractivity contribution in [2.24, 2.45) is 11.7 Å². The van der Waals surface area contributed by atoms with Gasteiger partial charge in [-0.15, -0.1) is 0 Å². The Bertz CT molecular complexity index is 1070. The number of rotatable bonds is 4. The summed E-state index contributed by atoms with van der Waals surface area (Å²) in [6, 6.07) is 6.26. The molecule has 2 aromatic heterocycles. The summed E-state index contributed by atoms with van der Waals surface area (Å²) in [5, 5.41) is 1.09. The first kappa shape index (κ1) is 16.1. The van der Waals surface area contributed by atoms with Crippen molar-refractivity contribution in [2.45, 2.75) is 31.7 Å². The lowest BCUT2D eigenvalue weighted by molar-refractivity contribution is -0.130. The fourth-order valence-electron chi connectivity index (χ4n) is 4.68. The largest absolute Gasteiger partial charge is 0.447 e. The third-order valence-corrected chi connectivity index (χ3v) is 6.01. The molecule has 1 aromatic carbocycles. The second-order valence-corrected chi connectivity index (χ2v) is 7.60. The van der Waals surface area contributed by atoms with Crippen LogP contribution < -0.4 is 5.73 Å². The zero-order valence-corrected chi connectivity index (χ0v) is 14.9. The van der Waals surface area contributed by atoms with Gasteiger partial charge in [0, 0.05) is 35.6 Å². The maximum absolute atomic E-state index is 13.0. The van der Waals surface area contributed by atoms with Crippen molar-refractivity contribution in [3.05, 3.63) is 53.4 Å². The van der Waals surface area contributed by atoms with Gasteiger partial charge in [0.1, 0.15) is 5.76 Å². The first-order valence-electron chi connectivity index (χ1n) is 9.12. The second-order valence-electron chi connectivity index (χ2n) is 7.60. The first-order valence-corrected chi connectivity index (χ1v) is 9.12. The molecule has 3 atom stereocenters. The molecule has 3 fully saturated rings. The van der Waals surface area contributed by atoms with E-state index in [1.807, 2.05) is 18.0 Å². The van der Waals surface area contributed by atoms with E-state index in [1.165, 1.54) is 12.0 Å². The number of H-pyrrole nitrogens is 1. The predicted molar refractivity (Wildman–Crippen MR) is 98.1 cm³/mol. The first-order chi connectivity index (χ1) is 13.0. The smallest absolute Gasteiger partial charge is 0.270 e. The van der Waals surface area contributed by atoms with E-state index in [2.05, 4.69) is 28.2 Å². The van der Waals surface area contributed by atoms with Crippen LogP contribution in [0.5, 0.6) is 0 Å². The van der Waals surface area contributed by atoms with Crippen molar-refractivity contribution in [3.63, 3.8) is 0 Å². The Morgan fingerprint density at radius 1 is 1.41 bits per heavy atom. The van der Waals surface area contributed by atoms with Crippen molar-refractivity contribution in [1.82, 2.24) is 14.9 Å². The van der Waals surface area contributed by atoms with Gasteiger partial charge in [-0.2, -0.15) is 0 Å². The molecule has 2 aliphatic heterocycles. The molecule has 7 nitrogen and oxygen atoms in total. The molecule has 3 N–H and O–H groups in total. The normalized spacial score (nSPS) is 23.6. The van der Waals surface area contributed by atoms with Gasteiger partial charge in [0.05, 0.1) is 6.42 Å². The van der Waals surface area contributed by atoms with Gasteiger partial charge in [0.25, 0.3) is 5.91 Å². The number of benzene rings is 1. The average molecular weight is 364 g/mol. The molecule has 1 saturated carbocycles. The predicted octanol–water partition coefficient (Wildman–Crippen LogP) is 2.12. The molecule has 0 radical (unpaired) electrons. The van der Waals surface area contributed by atoms with Crippen molar-refractivity contribution >= 4 is 22.7 Å². The van der Waals surface area contributed by atoms with E-state index in [9.17, 15) is 9.59 Å². The van der Waals surface area contributed by atoms with Gasteiger partial charge < -0.3 is 20.0 Å². The molecule has 27 heavy (non-hydrogen) atoms. The van der Waals surface area contributed by atoms with Crippen LogP contribution in [0, 0.1) is 12.8 Å². The highest BCUT2D eigenvalue weighted by molar-refractivity contribution is 5.92. The number of hydrogen-bond acceptors (Lipinski definition) is 4. The van der Waals surface area contributed by atoms with Crippen molar-refractivity contribution in [1.29, 1.82) is 0 Å². The number of aromatic amines is 1. The summed E-state index contributed by atoms with van der Waals surface area (Å²) in [7, 11) is 0. The zero-order chi connectivity index (χ0) is 18.7. The molecule has 6 rings (SSSR count). The molecule has 2 bridgehead atoms. The zero-order valence-electron chi connectivity index (χ0n) is 14.9. The van der Waals surface area contributed by atoms with Gasteiger partial charge >= 0.3 is 0 Å². The van der Waals surface area contributed by atoms with Crippen molar-refractivity contribution in [2.75, 3.05) is 6.54 Å². The summed E-state index contributed by atoms with van der Waals surface area (Å²) in [5.41, 5.74) is 8.82. The molecule has 3 aliphatic rings. The standard InChI is InChI=1S/C20H20N4O3/c1-10-2-3-13-11(7-22-14(13)4-10)6-16(25)24-8-12-5-15(24)17(12)19-18(20(21)26)23-9-27-19/h2-4,7,9,12,15,17,22H,5-6,8H2,1H3,(H2,21,26). The third kappa shape index (κ3) is 2.38. The Balaban J connectivity index is 1.36. The van der Waals surface area contributed by atoms with Crippen LogP contribution >= 0.6 is 0 Å². The lowest BCUT2D eigenvalue weighted by Gasteiger charge is -2.35. The monoisotopic (exact) mass is 364 g/mol. The van der Waals surface area contributed by atoms with Crippen LogP contribution in [0.4, 0.5) is 0 Å². The van der Waals surface area contributed by atoms with Gasteiger partial charge in [-0.1, -0.05) is 12.1 Å². The SMILES string of the molecule is Cc1ccc2c(CC(=O)N3CC4CC3C4c3ocnc3C(N)=O)c[nH]c2c1. The van der Waals surface area contributed by atoms with Gasteiger partial charge in [-0.3, -0.25) is 9.59 Å². The molecule has 138 valence electrons. The number of carbonyl (C=O) groups excluding carboxylic acids is 2. The topological polar surface area (TPSA) is 105 Å². The van der Waals surface area contributed by atoms with E-state index < -0.39 is 5.91 Å². The number of nitrogens with zero attached hydrogens (tertiary/aromatic N) is 2. The Labute approximate surface area is 155 Å². The minimum Gasteiger partial charge on any atom is -0.447 e. The number of carbonyl (C=O) groups is 2. The van der Waals surface area contributed by atoms with Gasteiger partial charge in [0.15, 0.2) is 12.1 Å². The molecule has 2 amide bonds. The molecular weight excluding hydrogens is 344 g/mol. The Morgan fingerprint density at radius 3 is 3.07 bits per heavy atom. The number of aromatic nitrogens is 2. The number of aryl methyl sites for hydroxylation is 1. The summed E-state index contributed by atoms with van der Waals surface area (Å²) in [6.07, 6.45) is 4.47. The lowest BCUT2D eigenvalue weighted by atomic mass is 9.72. The minimum atomic E-state index is -0.586. The van der Waals surface area contributed by atoms with E-state index in [0.717, 1.165) is 22.9 Å². The van der Waals surface area contributed by atoms with E-state index in [1.54, 1.807) is 0 Å². The fourth-order valence-corrected chi connectivity index (χ4v) is 4.68. The number of primary amides is 1. The number of fused-ring (bicyclic) bond motifs is 2. The number of nitrogens with two attached hydrogens (primary N) is 1. The molecule has 1 aliphatic carbocycles. The molecule has 2 saturated heterocycles. The summed E-state index contributed by atoms with van der Waals surface area (Å²) in [5.74, 6) is 0.366.